The van der Waals surface area contributed by atoms with Crippen LogP contribution in [0, 0.1) is 0 Å². The van der Waals surface area contributed by atoms with Gasteiger partial charge in [-0.1, -0.05) is 0 Å². The van der Waals surface area contributed by atoms with Crippen molar-refractivity contribution in [2.24, 2.45) is 0 Å². The molecule has 0 radical (unpaired) electrons. The summed E-state index contributed by atoms with van der Waals surface area (Å²) in [5, 5.41) is 0. The van der Waals surface area contributed by atoms with Crippen LogP contribution in [0.2, 0.25) is 0 Å². The quantitative estimate of drug-likeness (QED) is 0.708. The standard InChI is InChI=1S/C9H16F3NO/c1-13-5-2-8(3-6-13)14-7-4-9(10,11)12/h8H,2-7H2,1H3. The fourth-order valence-electron chi connectivity index (χ4n) is 1.49. The third-order valence-electron chi connectivity index (χ3n) is 2.40. The van der Waals surface area contributed by atoms with E-state index in [9.17, 15) is 13.2 Å². The Kier molecular flexibility index (Phi) is 4.19. The van der Waals surface area contributed by atoms with Gasteiger partial charge in [-0.15, -0.1) is 0 Å². The molecule has 1 heterocycles. The second-order valence-electron chi connectivity index (χ2n) is 3.74. The lowest BCUT2D eigenvalue weighted by Gasteiger charge is -2.28. The minimum Gasteiger partial charge on any atom is -0.378 e. The second-order valence-corrected chi connectivity index (χ2v) is 3.74. The molecule has 0 atom stereocenters. The molecule has 0 bridgehead atoms. The van der Waals surface area contributed by atoms with E-state index < -0.39 is 12.6 Å². The lowest BCUT2D eigenvalue weighted by Crippen LogP contribution is -2.34. The van der Waals surface area contributed by atoms with Crippen molar-refractivity contribution in [1.29, 1.82) is 0 Å². The molecule has 0 amide bonds. The van der Waals surface area contributed by atoms with Crippen molar-refractivity contribution < 1.29 is 17.9 Å². The highest BCUT2D eigenvalue weighted by molar-refractivity contribution is 4.69. The van der Waals surface area contributed by atoms with Crippen LogP contribution in [0.3, 0.4) is 0 Å². The number of alkyl halides is 3. The maximum Gasteiger partial charge on any atom is 0.391 e. The van der Waals surface area contributed by atoms with Crippen molar-refractivity contribution >= 4 is 0 Å². The molecule has 2 nitrogen and oxygen atoms in total. The number of likely N-dealkylation sites (tertiary alicyclic amines) is 1. The normalized spacial score (nSPS) is 21.4. The predicted octanol–water partition coefficient (Wildman–Crippen LogP) is 2.05. The molecular formula is C9H16F3NO. The van der Waals surface area contributed by atoms with Gasteiger partial charge in [0.25, 0.3) is 0 Å². The smallest absolute Gasteiger partial charge is 0.378 e. The Balaban J connectivity index is 2.08. The second kappa shape index (κ2) is 4.98. The van der Waals surface area contributed by atoms with Crippen LogP contribution in [-0.4, -0.2) is 43.9 Å². The monoisotopic (exact) mass is 211 g/mol. The van der Waals surface area contributed by atoms with Gasteiger partial charge in [-0.25, -0.2) is 0 Å². The van der Waals surface area contributed by atoms with Gasteiger partial charge in [-0.05, 0) is 19.9 Å². The lowest BCUT2D eigenvalue weighted by molar-refractivity contribution is -0.150. The maximum atomic E-state index is 11.8. The van der Waals surface area contributed by atoms with Crippen molar-refractivity contribution in [2.45, 2.75) is 31.5 Å². The fourth-order valence-corrected chi connectivity index (χ4v) is 1.49. The number of ether oxygens (including phenoxy) is 1. The first kappa shape index (κ1) is 11.8. The van der Waals surface area contributed by atoms with Crippen LogP contribution < -0.4 is 0 Å². The molecule has 1 aliphatic heterocycles. The summed E-state index contributed by atoms with van der Waals surface area (Å²) < 4.78 is 40.5. The van der Waals surface area contributed by atoms with E-state index in [2.05, 4.69) is 4.90 Å². The molecule has 0 aromatic carbocycles. The van der Waals surface area contributed by atoms with E-state index in [-0.39, 0.29) is 12.7 Å². The first-order valence-electron chi connectivity index (χ1n) is 4.84. The van der Waals surface area contributed by atoms with Gasteiger partial charge in [0.2, 0.25) is 0 Å². The van der Waals surface area contributed by atoms with Crippen molar-refractivity contribution in [3.63, 3.8) is 0 Å². The summed E-state index contributed by atoms with van der Waals surface area (Å²) in [5.41, 5.74) is 0. The zero-order valence-electron chi connectivity index (χ0n) is 8.31. The highest BCUT2D eigenvalue weighted by Crippen LogP contribution is 2.20. The molecule has 0 aromatic rings. The summed E-state index contributed by atoms with van der Waals surface area (Å²) in [4.78, 5) is 2.16. The lowest BCUT2D eigenvalue weighted by atomic mass is 10.1. The first-order valence-corrected chi connectivity index (χ1v) is 4.84. The molecule has 1 rings (SSSR count). The maximum absolute atomic E-state index is 11.8. The molecule has 1 saturated heterocycles. The average Bonchev–Trinajstić information content (AvgIpc) is 2.06. The molecule has 14 heavy (non-hydrogen) atoms. The summed E-state index contributed by atoms with van der Waals surface area (Å²) in [6, 6.07) is 0. The Morgan fingerprint density at radius 3 is 2.36 bits per heavy atom. The van der Waals surface area contributed by atoms with Gasteiger partial charge in [-0.3, -0.25) is 0 Å². The Labute approximate surface area is 82.0 Å². The van der Waals surface area contributed by atoms with Gasteiger partial charge < -0.3 is 9.64 Å². The highest BCUT2D eigenvalue weighted by atomic mass is 19.4. The molecule has 0 N–H and O–H groups in total. The minimum atomic E-state index is -4.09. The Hall–Kier alpha value is -0.290. The number of halogens is 3. The number of nitrogens with zero attached hydrogens (tertiary/aromatic N) is 1. The average molecular weight is 211 g/mol. The van der Waals surface area contributed by atoms with E-state index in [1.54, 1.807) is 0 Å². The van der Waals surface area contributed by atoms with Gasteiger partial charge in [0.05, 0.1) is 19.1 Å². The van der Waals surface area contributed by atoms with Crippen LogP contribution in [-0.2, 0) is 4.74 Å². The molecule has 0 aliphatic carbocycles. The fraction of sp³-hybridized carbons (Fsp3) is 1.00. The van der Waals surface area contributed by atoms with E-state index in [4.69, 9.17) is 4.74 Å². The molecule has 5 heteroatoms. The van der Waals surface area contributed by atoms with Crippen LogP contribution in [0.4, 0.5) is 13.2 Å². The molecule has 0 aromatic heterocycles. The number of hydrogen-bond acceptors (Lipinski definition) is 2. The van der Waals surface area contributed by atoms with Crippen LogP contribution in [0.25, 0.3) is 0 Å². The summed E-state index contributed by atoms with van der Waals surface area (Å²) in [5.74, 6) is 0. The third-order valence-corrected chi connectivity index (χ3v) is 2.40. The molecule has 0 unspecified atom stereocenters. The Bertz CT molecular complexity index is 164. The first-order chi connectivity index (χ1) is 6.47. The van der Waals surface area contributed by atoms with Crippen LogP contribution >= 0.6 is 0 Å². The summed E-state index contributed by atoms with van der Waals surface area (Å²) >= 11 is 0. The number of piperidine rings is 1. The SMILES string of the molecule is CN1CCC(OCCC(F)(F)F)CC1. The van der Waals surface area contributed by atoms with E-state index in [1.807, 2.05) is 7.05 Å². The van der Waals surface area contributed by atoms with Crippen molar-refractivity contribution in [2.75, 3.05) is 26.7 Å². The van der Waals surface area contributed by atoms with Crippen molar-refractivity contribution in [1.82, 2.24) is 4.90 Å². The van der Waals surface area contributed by atoms with Gasteiger partial charge in [0.1, 0.15) is 0 Å². The molecular weight excluding hydrogens is 195 g/mol. The number of rotatable bonds is 3. The molecule has 1 aliphatic rings. The molecule has 84 valence electrons. The third kappa shape index (κ3) is 4.81. The van der Waals surface area contributed by atoms with Crippen molar-refractivity contribution in [3.8, 4) is 0 Å². The number of hydrogen-bond donors (Lipinski definition) is 0. The molecule has 0 spiro atoms. The highest BCUT2D eigenvalue weighted by Gasteiger charge is 2.27. The summed E-state index contributed by atoms with van der Waals surface area (Å²) in [6.45, 7) is 1.63. The van der Waals surface area contributed by atoms with E-state index in [0.717, 1.165) is 25.9 Å². The predicted molar refractivity (Wildman–Crippen MR) is 47.1 cm³/mol. The Morgan fingerprint density at radius 1 is 1.29 bits per heavy atom. The van der Waals surface area contributed by atoms with E-state index in [0.29, 0.717) is 0 Å². The molecule has 0 saturated carbocycles. The summed E-state index contributed by atoms with van der Waals surface area (Å²) in [7, 11) is 2.01. The topological polar surface area (TPSA) is 12.5 Å². The van der Waals surface area contributed by atoms with Crippen LogP contribution in [0.5, 0.6) is 0 Å². The van der Waals surface area contributed by atoms with Gasteiger partial charge in [0.15, 0.2) is 0 Å². The zero-order chi connectivity index (χ0) is 10.6. The minimum absolute atomic E-state index is 0.0218. The Morgan fingerprint density at radius 2 is 1.86 bits per heavy atom. The zero-order valence-corrected chi connectivity index (χ0v) is 8.31. The van der Waals surface area contributed by atoms with Crippen molar-refractivity contribution in [3.05, 3.63) is 0 Å². The van der Waals surface area contributed by atoms with Gasteiger partial charge in [0, 0.05) is 13.1 Å². The summed E-state index contributed by atoms with van der Waals surface area (Å²) in [6.07, 6.45) is -3.22. The van der Waals surface area contributed by atoms with Crippen LogP contribution in [0.1, 0.15) is 19.3 Å². The van der Waals surface area contributed by atoms with E-state index in [1.165, 1.54) is 0 Å². The molecule has 1 fully saturated rings. The largest absolute Gasteiger partial charge is 0.391 e. The van der Waals surface area contributed by atoms with E-state index >= 15 is 0 Å². The van der Waals surface area contributed by atoms with Gasteiger partial charge in [-0.2, -0.15) is 13.2 Å². The van der Waals surface area contributed by atoms with Gasteiger partial charge >= 0.3 is 6.18 Å². The van der Waals surface area contributed by atoms with Crippen LogP contribution in [0.15, 0.2) is 0 Å².